The Hall–Kier alpha value is -2.04. The third kappa shape index (κ3) is 3.71. The smallest absolute Gasteiger partial charge is 0.323 e. The van der Waals surface area contributed by atoms with Crippen LogP contribution in [0, 0.1) is 0 Å². The molecule has 0 aliphatic carbocycles. The number of nitrogens with two attached hydrogens (primary N) is 1. The van der Waals surface area contributed by atoms with Crippen LogP contribution in [-0.4, -0.2) is 6.03 Å². The predicted molar refractivity (Wildman–Crippen MR) is 78.4 cm³/mol. The molecule has 4 N–H and O–H groups in total. The first-order chi connectivity index (χ1) is 9.19. The van der Waals surface area contributed by atoms with E-state index in [1.165, 1.54) is 0 Å². The van der Waals surface area contributed by atoms with E-state index >= 15 is 0 Å². The van der Waals surface area contributed by atoms with Gasteiger partial charge in [-0.05, 0) is 29.8 Å². The largest absolute Gasteiger partial charge is 0.326 e. The number of para-hydroxylation sites is 1. The van der Waals surface area contributed by atoms with Gasteiger partial charge in [-0.25, -0.2) is 4.79 Å². The zero-order valence-electron chi connectivity index (χ0n) is 10.2. The number of amides is 2. The highest BCUT2D eigenvalue weighted by atomic mass is 35.5. The third-order valence-electron chi connectivity index (χ3n) is 2.54. The van der Waals surface area contributed by atoms with Crippen molar-refractivity contribution < 1.29 is 4.79 Å². The fourth-order valence-electron chi connectivity index (χ4n) is 1.62. The molecule has 19 heavy (non-hydrogen) atoms. The van der Waals surface area contributed by atoms with Crippen molar-refractivity contribution >= 4 is 29.0 Å². The molecule has 0 fully saturated rings. The average Bonchev–Trinajstić information content (AvgIpc) is 2.41. The van der Waals surface area contributed by atoms with Gasteiger partial charge in [0, 0.05) is 12.2 Å². The standard InChI is InChI=1S/C14H14ClN3O/c15-12-6-1-2-7-13(12)18-14(19)17-11-5-3-4-10(8-11)9-16/h1-8H,9,16H2,(H2,17,18,19). The molecule has 2 rings (SSSR count). The molecule has 0 radical (unpaired) electrons. The minimum Gasteiger partial charge on any atom is -0.326 e. The maximum Gasteiger partial charge on any atom is 0.323 e. The predicted octanol–water partition coefficient (Wildman–Crippen LogP) is 3.44. The summed E-state index contributed by atoms with van der Waals surface area (Å²) in [6.07, 6.45) is 0. The highest BCUT2D eigenvalue weighted by molar-refractivity contribution is 6.33. The third-order valence-corrected chi connectivity index (χ3v) is 2.87. The maximum atomic E-state index is 11.8. The van der Waals surface area contributed by atoms with Crippen LogP contribution in [0.25, 0.3) is 0 Å². The summed E-state index contributed by atoms with van der Waals surface area (Å²) in [5, 5.41) is 5.90. The molecule has 0 heterocycles. The molecule has 0 aliphatic heterocycles. The van der Waals surface area contributed by atoms with E-state index in [-0.39, 0.29) is 6.03 Å². The summed E-state index contributed by atoms with van der Waals surface area (Å²) >= 11 is 5.96. The van der Waals surface area contributed by atoms with Crippen LogP contribution in [0.1, 0.15) is 5.56 Å². The Morgan fingerprint density at radius 1 is 1.11 bits per heavy atom. The van der Waals surface area contributed by atoms with Gasteiger partial charge in [0.25, 0.3) is 0 Å². The molecule has 98 valence electrons. The van der Waals surface area contributed by atoms with Crippen molar-refractivity contribution in [1.29, 1.82) is 0 Å². The van der Waals surface area contributed by atoms with E-state index in [0.29, 0.717) is 22.9 Å². The van der Waals surface area contributed by atoms with Gasteiger partial charge < -0.3 is 16.4 Å². The second-order valence-corrected chi connectivity index (χ2v) is 4.37. The van der Waals surface area contributed by atoms with Gasteiger partial charge in [-0.15, -0.1) is 0 Å². The van der Waals surface area contributed by atoms with Crippen LogP contribution in [-0.2, 0) is 6.54 Å². The van der Waals surface area contributed by atoms with Gasteiger partial charge in [0.05, 0.1) is 10.7 Å². The minimum atomic E-state index is -0.345. The van der Waals surface area contributed by atoms with E-state index in [4.69, 9.17) is 17.3 Å². The number of benzene rings is 2. The molecule has 0 saturated heterocycles. The van der Waals surface area contributed by atoms with Crippen molar-refractivity contribution in [1.82, 2.24) is 0 Å². The average molecular weight is 276 g/mol. The van der Waals surface area contributed by atoms with Crippen LogP contribution in [0.15, 0.2) is 48.5 Å². The van der Waals surface area contributed by atoms with Crippen LogP contribution in [0.4, 0.5) is 16.2 Å². The van der Waals surface area contributed by atoms with Gasteiger partial charge in [0.1, 0.15) is 0 Å². The van der Waals surface area contributed by atoms with Crippen LogP contribution in [0.5, 0.6) is 0 Å². The molecule has 0 aromatic heterocycles. The van der Waals surface area contributed by atoms with E-state index in [0.717, 1.165) is 5.56 Å². The van der Waals surface area contributed by atoms with Crippen molar-refractivity contribution in [2.75, 3.05) is 10.6 Å². The Labute approximate surface area is 116 Å². The zero-order valence-corrected chi connectivity index (χ0v) is 10.9. The Morgan fingerprint density at radius 3 is 2.63 bits per heavy atom. The number of urea groups is 1. The van der Waals surface area contributed by atoms with Crippen molar-refractivity contribution in [2.24, 2.45) is 5.73 Å². The molecule has 0 atom stereocenters. The number of carbonyl (C=O) groups excluding carboxylic acids is 1. The van der Waals surface area contributed by atoms with E-state index < -0.39 is 0 Å². The van der Waals surface area contributed by atoms with Gasteiger partial charge in [-0.1, -0.05) is 35.9 Å². The normalized spacial score (nSPS) is 10.0. The maximum absolute atomic E-state index is 11.8. The molecular weight excluding hydrogens is 262 g/mol. The second kappa shape index (κ2) is 6.22. The van der Waals surface area contributed by atoms with Crippen LogP contribution < -0.4 is 16.4 Å². The molecule has 2 amide bonds. The lowest BCUT2D eigenvalue weighted by Crippen LogP contribution is -2.19. The Balaban J connectivity index is 2.03. The topological polar surface area (TPSA) is 67.1 Å². The Morgan fingerprint density at radius 2 is 1.89 bits per heavy atom. The fourth-order valence-corrected chi connectivity index (χ4v) is 1.81. The van der Waals surface area contributed by atoms with Gasteiger partial charge >= 0.3 is 6.03 Å². The first kappa shape index (κ1) is 13.4. The van der Waals surface area contributed by atoms with Crippen LogP contribution in [0.2, 0.25) is 5.02 Å². The molecule has 0 bridgehead atoms. The summed E-state index contributed by atoms with van der Waals surface area (Å²) in [6, 6.07) is 14.1. The van der Waals surface area contributed by atoms with Crippen molar-refractivity contribution in [3.8, 4) is 0 Å². The van der Waals surface area contributed by atoms with Gasteiger partial charge in [0.2, 0.25) is 0 Å². The van der Waals surface area contributed by atoms with Gasteiger partial charge in [-0.2, -0.15) is 0 Å². The molecule has 0 unspecified atom stereocenters. The van der Waals surface area contributed by atoms with Crippen molar-refractivity contribution in [2.45, 2.75) is 6.54 Å². The molecule has 2 aromatic rings. The first-order valence-corrected chi connectivity index (χ1v) is 6.18. The van der Waals surface area contributed by atoms with Crippen molar-refractivity contribution in [3.63, 3.8) is 0 Å². The molecule has 0 aliphatic rings. The minimum absolute atomic E-state index is 0.345. The van der Waals surface area contributed by atoms with Crippen LogP contribution in [0.3, 0.4) is 0 Å². The number of hydrogen-bond donors (Lipinski definition) is 3. The number of hydrogen-bond acceptors (Lipinski definition) is 2. The number of halogens is 1. The fraction of sp³-hybridized carbons (Fsp3) is 0.0714. The zero-order chi connectivity index (χ0) is 13.7. The number of nitrogens with one attached hydrogen (secondary N) is 2. The summed E-state index contributed by atoms with van der Waals surface area (Å²) in [4.78, 5) is 11.8. The lowest BCUT2D eigenvalue weighted by Gasteiger charge is -2.09. The molecule has 2 aromatic carbocycles. The summed E-state index contributed by atoms with van der Waals surface area (Å²) in [5.74, 6) is 0. The van der Waals surface area contributed by atoms with Gasteiger partial charge in [-0.3, -0.25) is 0 Å². The molecule has 5 heteroatoms. The number of anilines is 2. The highest BCUT2D eigenvalue weighted by Crippen LogP contribution is 2.20. The first-order valence-electron chi connectivity index (χ1n) is 5.80. The lowest BCUT2D eigenvalue weighted by molar-refractivity contribution is 0.262. The Kier molecular flexibility index (Phi) is 4.39. The van der Waals surface area contributed by atoms with Crippen LogP contribution >= 0.6 is 11.6 Å². The number of rotatable bonds is 3. The monoisotopic (exact) mass is 275 g/mol. The molecular formula is C14H14ClN3O. The second-order valence-electron chi connectivity index (χ2n) is 3.96. The number of carbonyl (C=O) groups is 1. The van der Waals surface area contributed by atoms with Gasteiger partial charge in [0.15, 0.2) is 0 Å². The molecule has 0 spiro atoms. The van der Waals surface area contributed by atoms with Crippen molar-refractivity contribution in [3.05, 3.63) is 59.1 Å². The highest BCUT2D eigenvalue weighted by Gasteiger charge is 2.05. The summed E-state index contributed by atoms with van der Waals surface area (Å²) in [6.45, 7) is 0.432. The quantitative estimate of drug-likeness (QED) is 0.803. The van der Waals surface area contributed by atoms with E-state index in [1.54, 1.807) is 30.3 Å². The summed E-state index contributed by atoms with van der Waals surface area (Å²) < 4.78 is 0. The lowest BCUT2D eigenvalue weighted by atomic mass is 10.2. The summed E-state index contributed by atoms with van der Waals surface area (Å²) in [5.41, 5.74) is 7.76. The Bertz CT molecular complexity index is 586. The molecule has 0 saturated carbocycles. The van der Waals surface area contributed by atoms with E-state index in [1.807, 2.05) is 18.2 Å². The van der Waals surface area contributed by atoms with E-state index in [9.17, 15) is 4.79 Å². The molecule has 4 nitrogen and oxygen atoms in total. The van der Waals surface area contributed by atoms with E-state index in [2.05, 4.69) is 10.6 Å². The summed E-state index contributed by atoms with van der Waals surface area (Å²) in [7, 11) is 0. The SMILES string of the molecule is NCc1cccc(NC(=O)Nc2ccccc2Cl)c1.